The number of benzene rings is 4. The molecule has 0 unspecified atom stereocenters. The van der Waals surface area contributed by atoms with Gasteiger partial charge in [-0.15, -0.1) is 0 Å². The molecule has 3 atom stereocenters. The monoisotopic (exact) mass is 530 g/mol. The summed E-state index contributed by atoms with van der Waals surface area (Å²) in [6.45, 7) is 2.95. The highest BCUT2D eigenvalue weighted by atomic mass is 19.2. The van der Waals surface area contributed by atoms with Crippen molar-refractivity contribution < 1.29 is 28.2 Å². The maximum Gasteiger partial charge on any atom is 0.415 e. The first-order valence-corrected chi connectivity index (χ1v) is 12.8. The lowest BCUT2D eigenvalue weighted by atomic mass is 9.88. The molecule has 0 saturated carbocycles. The van der Waals surface area contributed by atoms with Crippen LogP contribution in [0.15, 0.2) is 84.9 Å². The van der Waals surface area contributed by atoms with Crippen molar-refractivity contribution in [1.82, 2.24) is 10.2 Å². The second-order valence-corrected chi connectivity index (χ2v) is 9.81. The molecular weight excluding hydrogens is 502 g/mol. The summed E-state index contributed by atoms with van der Waals surface area (Å²) in [4.78, 5) is 25.6. The van der Waals surface area contributed by atoms with E-state index in [-0.39, 0.29) is 41.9 Å². The summed E-state index contributed by atoms with van der Waals surface area (Å²) in [6.07, 6.45) is -0.635. The van der Waals surface area contributed by atoms with Gasteiger partial charge < -0.3 is 20.1 Å². The second kappa shape index (κ2) is 11.2. The van der Waals surface area contributed by atoms with Crippen LogP contribution in [0, 0.1) is 17.6 Å². The Hall–Kier alpha value is -4.30. The van der Waals surface area contributed by atoms with Gasteiger partial charge in [-0.1, -0.05) is 54.6 Å². The minimum atomic E-state index is -1.08. The third-order valence-corrected chi connectivity index (χ3v) is 7.36. The average molecular weight is 531 g/mol. The van der Waals surface area contributed by atoms with Crippen molar-refractivity contribution in [3.63, 3.8) is 0 Å². The van der Waals surface area contributed by atoms with Gasteiger partial charge in [-0.3, -0.25) is 0 Å². The quantitative estimate of drug-likeness (QED) is 0.290. The number of amides is 1. The fourth-order valence-corrected chi connectivity index (χ4v) is 5.28. The fraction of sp³-hybridized carbons (Fsp3) is 0.226. The van der Waals surface area contributed by atoms with E-state index in [1.165, 1.54) is 35.2 Å². The number of rotatable bonds is 7. The minimum absolute atomic E-state index is 0.0251. The van der Waals surface area contributed by atoms with Gasteiger partial charge in [0.25, 0.3) is 0 Å². The van der Waals surface area contributed by atoms with Gasteiger partial charge in [-0.05, 0) is 65.1 Å². The Labute approximate surface area is 224 Å². The molecule has 4 aromatic carbocycles. The number of ether oxygens (including phenoxy) is 1. The van der Waals surface area contributed by atoms with E-state index in [2.05, 4.69) is 36.5 Å². The molecule has 1 amide bonds. The largest absolute Gasteiger partial charge is 0.478 e. The summed E-state index contributed by atoms with van der Waals surface area (Å²) in [5.74, 6) is -3.38. The Morgan fingerprint density at radius 1 is 0.974 bits per heavy atom. The van der Waals surface area contributed by atoms with Gasteiger partial charge in [-0.25, -0.2) is 18.4 Å². The zero-order chi connectivity index (χ0) is 27.5. The fourth-order valence-electron chi connectivity index (χ4n) is 5.28. The second-order valence-electron chi connectivity index (χ2n) is 9.81. The van der Waals surface area contributed by atoms with E-state index in [0.717, 1.165) is 22.4 Å². The standard InChI is InChI=1S/C31H28F2N2O4/c1-19(24-9-4-7-20-6-2-3-8-25(20)24)34-16-22-17-35(18-27(22)26-10-5-11-28(32)29(26)33)31(38)39-23-14-12-21(13-15-23)30(36)37/h2-15,19,22,27,34H,16-18H2,1H3,(H,36,37)/t19-,22-,27+/m1/s1. The average Bonchev–Trinajstić information content (AvgIpc) is 3.37. The number of likely N-dealkylation sites (tertiary alicyclic amines) is 1. The number of aromatic carboxylic acids is 1. The van der Waals surface area contributed by atoms with E-state index >= 15 is 0 Å². The zero-order valence-electron chi connectivity index (χ0n) is 21.3. The Morgan fingerprint density at radius 2 is 1.69 bits per heavy atom. The maximum atomic E-state index is 14.9. The highest BCUT2D eigenvalue weighted by Crippen LogP contribution is 2.35. The molecule has 4 aromatic rings. The smallest absolute Gasteiger partial charge is 0.415 e. The number of fused-ring (bicyclic) bond motifs is 1. The lowest BCUT2D eigenvalue weighted by molar-refractivity contribution is 0.0697. The minimum Gasteiger partial charge on any atom is -0.478 e. The summed E-state index contributed by atoms with van der Waals surface area (Å²) < 4.78 is 34.5. The van der Waals surface area contributed by atoms with Crippen LogP contribution in [-0.2, 0) is 0 Å². The predicted molar refractivity (Wildman–Crippen MR) is 144 cm³/mol. The number of halogens is 2. The maximum absolute atomic E-state index is 14.9. The first kappa shape index (κ1) is 26.3. The molecule has 5 rings (SSSR count). The lowest BCUT2D eigenvalue weighted by Gasteiger charge is -2.23. The molecule has 0 aliphatic carbocycles. The van der Waals surface area contributed by atoms with E-state index in [1.54, 1.807) is 6.07 Å². The number of carbonyl (C=O) groups excluding carboxylic acids is 1. The number of nitrogens with one attached hydrogen (secondary N) is 1. The predicted octanol–water partition coefficient (Wildman–Crippen LogP) is 6.38. The third kappa shape index (κ3) is 5.61. The van der Waals surface area contributed by atoms with E-state index in [1.807, 2.05) is 18.2 Å². The van der Waals surface area contributed by atoms with Crippen LogP contribution < -0.4 is 10.1 Å². The van der Waals surface area contributed by atoms with Gasteiger partial charge in [0.05, 0.1) is 5.56 Å². The molecule has 0 spiro atoms. The number of carboxylic acids is 1. The number of carboxylic acid groups (broad SMARTS) is 1. The van der Waals surface area contributed by atoms with Gasteiger partial charge >= 0.3 is 12.1 Å². The first-order chi connectivity index (χ1) is 18.8. The Bertz CT molecular complexity index is 1500. The molecule has 1 saturated heterocycles. The van der Waals surface area contributed by atoms with Crippen molar-refractivity contribution >= 4 is 22.8 Å². The lowest BCUT2D eigenvalue weighted by Crippen LogP contribution is -2.33. The van der Waals surface area contributed by atoms with E-state index < -0.39 is 29.6 Å². The number of hydrogen-bond acceptors (Lipinski definition) is 4. The van der Waals surface area contributed by atoms with Crippen LogP contribution in [0.5, 0.6) is 5.75 Å². The molecule has 1 fully saturated rings. The highest BCUT2D eigenvalue weighted by Gasteiger charge is 2.38. The Morgan fingerprint density at radius 3 is 2.46 bits per heavy atom. The molecule has 1 aliphatic rings. The molecule has 0 bridgehead atoms. The van der Waals surface area contributed by atoms with Crippen LogP contribution in [-0.4, -0.2) is 41.7 Å². The van der Waals surface area contributed by atoms with Crippen molar-refractivity contribution in [2.45, 2.75) is 18.9 Å². The number of carbonyl (C=O) groups is 2. The molecule has 1 heterocycles. The summed E-state index contributed by atoms with van der Waals surface area (Å²) in [7, 11) is 0. The van der Waals surface area contributed by atoms with E-state index in [4.69, 9.17) is 9.84 Å². The zero-order valence-corrected chi connectivity index (χ0v) is 21.3. The summed E-state index contributed by atoms with van der Waals surface area (Å²) in [5.41, 5.74) is 1.42. The molecule has 2 N–H and O–H groups in total. The van der Waals surface area contributed by atoms with E-state index in [9.17, 15) is 18.4 Å². The van der Waals surface area contributed by atoms with Gasteiger partial charge in [0.15, 0.2) is 11.6 Å². The van der Waals surface area contributed by atoms with Gasteiger partial charge in [-0.2, -0.15) is 0 Å². The van der Waals surface area contributed by atoms with Gasteiger partial charge in [0.2, 0.25) is 0 Å². The van der Waals surface area contributed by atoms with Crippen LogP contribution in [0.2, 0.25) is 0 Å². The van der Waals surface area contributed by atoms with Crippen molar-refractivity contribution in [3.8, 4) is 5.75 Å². The van der Waals surface area contributed by atoms with E-state index in [0.29, 0.717) is 6.54 Å². The molecule has 39 heavy (non-hydrogen) atoms. The molecule has 6 nitrogen and oxygen atoms in total. The van der Waals surface area contributed by atoms with Crippen molar-refractivity contribution in [1.29, 1.82) is 0 Å². The SMILES string of the molecule is C[C@@H](NC[C@@H]1CN(C(=O)Oc2ccc(C(=O)O)cc2)C[C@@H]1c1cccc(F)c1F)c1cccc2ccccc12. The van der Waals surface area contributed by atoms with Crippen LogP contribution in [0.1, 0.15) is 40.4 Å². The summed E-state index contributed by atoms with van der Waals surface area (Å²) >= 11 is 0. The third-order valence-electron chi connectivity index (χ3n) is 7.36. The molecule has 1 aliphatic heterocycles. The van der Waals surface area contributed by atoms with Crippen LogP contribution in [0.4, 0.5) is 13.6 Å². The summed E-state index contributed by atoms with van der Waals surface area (Å²) in [6, 6.07) is 23.9. The highest BCUT2D eigenvalue weighted by molar-refractivity contribution is 5.88. The molecule has 200 valence electrons. The Balaban J connectivity index is 1.34. The molecule has 0 radical (unpaired) electrons. The van der Waals surface area contributed by atoms with Crippen LogP contribution in [0.3, 0.4) is 0 Å². The van der Waals surface area contributed by atoms with Crippen LogP contribution >= 0.6 is 0 Å². The number of nitrogens with zero attached hydrogens (tertiary/aromatic N) is 1. The molecular formula is C31H28F2N2O4. The summed E-state index contributed by atoms with van der Waals surface area (Å²) in [5, 5.41) is 14.9. The van der Waals surface area contributed by atoms with Gasteiger partial charge in [0.1, 0.15) is 5.75 Å². The van der Waals surface area contributed by atoms with Gasteiger partial charge in [0, 0.05) is 31.6 Å². The van der Waals surface area contributed by atoms with Crippen LogP contribution in [0.25, 0.3) is 10.8 Å². The molecule has 0 aromatic heterocycles. The Kier molecular flexibility index (Phi) is 7.56. The van der Waals surface area contributed by atoms with Crippen molar-refractivity contribution in [2.75, 3.05) is 19.6 Å². The molecule has 8 heteroatoms. The normalized spacial score (nSPS) is 17.8. The topological polar surface area (TPSA) is 78.9 Å². The first-order valence-electron chi connectivity index (χ1n) is 12.8. The van der Waals surface area contributed by atoms with Crippen molar-refractivity contribution in [2.24, 2.45) is 5.92 Å². The van der Waals surface area contributed by atoms with Crippen molar-refractivity contribution in [3.05, 3.63) is 113 Å². The number of hydrogen-bond donors (Lipinski definition) is 2.